The number of nitrogens with zero attached hydrogens (tertiary/aromatic N) is 6. The second-order valence-corrected chi connectivity index (χ2v) is 24.9. The minimum Gasteiger partial charge on any atom is -0.659 e. The van der Waals surface area contributed by atoms with Crippen LogP contribution in [0, 0.1) is 5.92 Å². The van der Waals surface area contributed by atoms with Crippen LogP contribution in [0.1, 0.15) is 67.7 Å². The first-order valence-corrected chi connectivity index (χ1v) is 30.4. The Kier molecular flexibility index (Phi) is 10.6. The third kappa shape index (κ3) is 7.35. The third-order valence-electron chi connectivity index (χ3n) is 19.0. The summed E-state index contributed by atoms with van der Waals surface area (Å²) in [6.45, 7) is 6.89. The highest BCUT2D eigenvalue weighted by Gasteiger charge is 2.28. The number of hydrogen-bond donors (Lipinski definition) is 0. The van der Waals surface area contributed by atoms with Gasteiger partial charge >= 0.3 is 0 Å². The van der Waals surface area contributed by atoms with E-state index in [1.165, 1.54) is 103 Å². The summed E-state index contributed by atoms with van der Waals surface area (Å²) in [5.41, 5.74) is 20.9. The largest absolute Gasteiger partial charge is 0.659 e. The zero-order valence-corrected chi connectivity index (χ0v) is 48.2. The zero-order valence-electron chi connectivity index (χ0n) is 48.2. The van der Waals surface area contributed by atoms with Crippen LogP contribution in [0.25, 0.3) is 133 Å². The predicted molar refractivity (Wildman–Crippen MR) is 361 cm³/mol. The topological polar surface area (TPSA) is 46.2 Å². The molecule has 0 amide bonds. The summed E-state index contributed by atoms with van der Waals surface area (Å²) in [6.07, 6.45) is 11.9. The van der Waals surface area contributed by atoms with Crippen molar-refractivity contribution in [2.75, 3.05) is 0 Å². The molecular formula is C80H59N6-. The average molecular weight is 1100 g/mol. The van der Waals surface area contributed by atoms with Crippen molar-refractivity contribution < 1.29 is 0 Å². The van der Waals surface area contributed by atoms with Gasteiger partial charge in [0.2, 0.25) is 0 Å². The summed E-state index contributed by atoms with van der Waals surface area (Å²) >= 11 is 0. The SMILES string of the molecule is CC(C)(C)c1ccc2c(c1)=CCC(C1=NC(c3cc(-n4c5c(c6cc(-n7c8ccccc8c8ccccc87)ccc64)CCC=C5)cc(-n4c5ccccc5c5cc(-n6c7ccccc7c7ccccc76)ccc54)c3)[N-]c3ccc4ccccc4c31)C=2. The molecule has 6 heteroatoms. The van der Waals surface area contributed by atoms with Crippen LogP contribution < -0.4 is 10.4 Å². The molecule has 11 aromatic carbocycles. The molecule has 0 spiro atoms. The van der Waals surface area contributed by atoms with Gasteiger partial charge in [0.15, 0.2) is 0 Å². The Balaban J connectivity index is 0.877. The minimum atomic E-state index is -0.527. The average Bonchev–Trinajstić information content (AvgIpc) is 1.60. The first kappa shape index (κ1) is 49.0. The highest BCUT2D eigenvalue weighted by atomic mass is 15.1. The molecular weight excluding hydrogens is 1040 g/mol. The highest BCUT2D eigenvalue weighted by molar-refractivity contribution is 6.20. The monoisotopic (exact) mass is 1100 g/mol. The number of aliphatic imine (C=N–C) groups is 1. The zero-order chi connectivity index (χ0) is 56.9. The maximum Gasteiger partial charge on any atom is 0.0542 e. The van der Waals surface area contributed by atoms with E-state index in [-0.39, 0.29) is 11.3 Å². The lowest BCUT2D eigenvalue weighted by Gasteiger charge is -2.40. The lowest BCUT2D eigenvalue weighted by atomic mass is 9.83. The van der Waals surface area contributed by atoms with Crippen molar-refractivity contribution in [1.82, 2.24) is 18.3 Å². The molecule has 86 heavy (non-hydrogen) atoms. The summed E-state index contributed by atoms with van der Waals surface area (Å²) < 4.78 is 9.90. The van der Waals surface area contributed by atoms with Gasteiger partial charge in [-0.2, -0.15) is 0 Å². The first-order valence-electron chi connectivity index (χ1n) is 30.4. The van der Waals surface area contributed by atoms with Gasteiger partial charge in [-0.1, -0.05) is 185 Å². The van der Waals surface area contributed by atoms with E-state index in [1.807, 2.05) is 0 Å². The fourth-order valence-electron chi connectivity index (χ4n) is 15.0. The Morgan fingerprint density at radius 2 is 0.965 bits per heavy atom. The molecule has 2 aliphatic carbocycles. The van der Waals surface area contributed by atoms with Gasteiger partial charge in [0.1, 0.15) is 0 Å². The van der Waals surface area contributed by atoms with Crippen LogP contribution in [0.15, 0.2) is 242 Å². The number of benzene rings is 11. The quantitative estimate of drug-likeness (QED) is 0.159. The lowest BCUT2D eigenvalue weighted by Crippen LogP contribution is -2.33. The number of fused-ring (bicyclic) bond motifs is 16. The summed E-state index contributed by atoms with van der Waals surface area (Å²) in [7, 11) is 0. The fraction of sp³-hybridized carbons (Fsp3) is 0.113. The van der Waals surface area contributed by atoms with E-state index in [9.17, 15) is 0 Å². The lowest BCUT2D eigenvalue weighted by molar-refractivity contribution is 0.589. The maximum absolute atomic E-state index is 5.96. The Bertz CT molecular complexity index is 5500. The fourth-order valence-corrected chi connectivity index (χ4v) is 15.0. The van der Waals surface area contributed by atoms with Gasteiger partial charge < -0.3 is 23.6 Å². The second kappa shape index (κ2) is 18.5. The van der Waals surface area contributed by atoms with Crippen molar-refractivity contribution in [2.24, 2.45) is 10.9 Å². The molecule has 4 aromatic heterocycles. The van der Waals surface area contributed by atoms with Crippen LogP contribution >= 0.6 is 0 Å². The van der Waals surface area contributed by atoms with Crippen molar-refractivity contribution in [3.05, 3.63) is 280 Å². The number of aryl methyl sites for hydroxylation is 1. The molecule has 2 atom stereocenters. The Labute approximate surface area is 497 Å². The molecule has 5 heterocycles. The van der Waals surface area contributed by atoms with E-state index in [2.05, 4.69) is 294 Å². The van der Waals surface area contributed by atoms with E-state index < -0.39 is 6.17 Å². The Morgan fingerprint density at radius 3 is 1.58 bits per heavy atom. The molecule has 2 unspecified atom stereocenters. The van der Waals surface area contributed by atoms with E-state index in [4.69, 9.17) is 10.3 Å². The number of para-hydroxylation sites is 5. The minimum absolute atomic E-state index is 0.0450. The van der Waals surface area contributed by atoms with Crippen LogP contribution in [-0.4, -0.2) is 24.0 Å². The molecule has 0 bridgehead atoms. The van der Waals surface area contributed by atoms with Crippen LogP contribution in [0.5, 0.6) is 0 Å². The molecule has 15 aromatic rings. The first-order chi connectivity index (χ1) is 42.3. The smallest absolute Gasteiger partial charge is 0.0542 e. The summed E-state index contributed by atoms with van der Waals surface area (Å²) in [5.74, 6) is 0.0450. The molecule has 410 valence electrons. The van der Waals surface area contributed by atoms with E-state index >= 15 is 0 Å². The number of allylic oxidation sites excluding steroid dienone is 1. The normalized spacial score (nSPS) is 15.8. The Hall–Kier alpha value is -10.4. The van der Waals surface area contributed by atoms with Crippen LogP contribution in [-0.2, 0) is 11.8 Å². The highest BCUT2D eigenvalue weighted by Crippen LogP contribution is 2.48. The Morgan fingerprint density at radius 1 is 0.442 bits per heavy atom. The molecule has 0 saturated heterocycles. The van der Waals surface area contributed by atoms with Gasteiger partial charge in [-0.25, -0.2) is 0 Å². The number of rotatable bonds is 6. The summed E-state index contributed by atoms with van der Waals surface area (Å²) in [5, 5.41) is 19.4. The summed E-state index contributed by atoms with van der Waals surface area (Å²) in [6, 6.07) is 85.8. The van der Waals surface area contributed by atoms with Gasteiger partial charge in [-0.3, -0.25) is 4.99 Å². The molecule has 0 radical (unpaired) electrons. The maximum atomic E-state index is 5.96. The molecule has 18 rings (SSSR count). The van der Waals surface area contributed by atoms with Crippen molar-refractivity contribution in [3.8, 4) is 22.7 Å². The van der Waals surface area contributed by atoms with E-state index in [1.54, 1.807) is 0 Å². The predicted octanol–water partition coefficient (Wildman–Crippen LogP) is 19.1. The van der Waals surface area contributed by atoms with Crippen LogP contribution in [0.4, 0.5) is 5.69 Å². The van der Waals surface area contributed by atoms with Crippen LogP contribution in [0.2, 0.25) is 0 Å². The summed E-state index contributed by atoms with van der Waals surface area (Å²) in [4.78, 5) is 5.96. The van der Waals surface area contributed by atoms with Crippen molar-refractivity contribution in [3.63, 3.8) is 0 Å². The van der Waals surface area contributed by atoms with E-state index in [0.717, 1.165) is 75.6 Å². The van der Waals surface area contributed by atoms with Gasteiger partial charge in [0.25, 0.3) is 0 Å². The third-order valence-corrected chi connectivity index (χ3v) is 19.0. The van der Waals surface area contributed by atoms with Crippen molar-refractivity contribution >= 4 is 117 Å². The molecule has 0 N–H and O–H groups in total. The van der Waals surface area contributed by atoms with Crippen molar-refractivity contribution in [1.29, 1.82) is 0 Å². The van der Waals surface area contributed by atoms with Gasteiger partial charge in [-0.05, 0) is 159 Å². The van der Waals surface area contributed by atoms with E-state index in [0.29, 0.717) is 0 Å². The molecule has 6 nitrogen and oxygen atoms in total. The van der Waals surface area contributed by atoms with Gasteiger partial charge in [0, 0.05) is 83.9 Å². The number of aromatic nitrogens is 4. The van der Waals surface area contributed by atoms with Gasteiger partial charge in [0.05, 0.1) is 38.6 Å². The standard InChI is InChI=1S/C80H59N6/c1-80(2,3)54-36-34-50-42-52(33-32-51(50)43-54)78-77-59-19-5-4-18-49(59)35-39-68(77)81-79(82-78)53-44-57(85-73-30-16-10-24-64(73)66-47-55(37-40-75(66)85)83-69-26-12-6-20-60(69)61-21-7-13-27-70(61)83)46-58(45-53)86-74-31-17-11-25-65(74)67-48-56(38-41-76(67)86)84-71-28-14-8-22-62(71)63-23-9-15-29-72(63)84/h4-10,12-24,26-32,34-48,52,79H,11,25,33H2,1-3H3/q-1. The molecule has 0 saturated carbocycles. The number of hydrogen-bond acceptors (Lipinski definition) is 1. The molecule has 3 aliphatic rings. The van der Waals surface area contributed by atoms with Gasteiger partial charge in [-0.15, -0.1) is 5.69 Å². The van der Waals surface area contributed by atoms with Crippen molar-refractivity contribution in [2.45, 2.75) is 51.6 Å². The van der Waals surface area contributed by atoms with Crippen LogP contribution in [0.3, 0.4) is 0 Å². The molecule has 1 aliphatic heterocycles. The molecule has 0 fully saturated rings. The second-order valence-electron chi connectivity index (χ2n) is 24.9.